The Morgan fingerprint density at radius 2 is 1.94 bits per heavy atom. The molecule has 0 aliphatic heterocycles. The van der Waals surface area contributed by atoms with Crippen molar-refractivity contribution in [1.82, 2.24) is 4.72 Å². The summed E-state index contributed by atoms with van der Waals surface area (Å²) < 4.78 is 30.8. The second kappa shape index (κ2) is 6.74. The van der Waals surface area contributed by atoms with E-state index in [9.17, 15) is 8.42 Å². The molecule has 0 fully saturated rings. The zero-order valence-corrected chi connectivity index (χ0v) is 11.0. The van der Waals surface area contributed by atoms with Crippen molar-refractivity contribution < 1.29 is 13.2 Å². The molecule has 0 amide bonds. The Labute approximate surface area is 103 Å². The summed E-state index contributed by atoms with van der Waals surface area (Å²) in [6.45, 7) is 2.13. The molecule has 96 valence electrons. The highest BCUT2D eigenvalue weighted by molar-refractivity contribution is 7.89. The van der Waals surface area contributed by atoms with Crippen molar-refractivity contribution in [1.29, 1.82) is 0 Å². The van der Waals surface area contributed by atoms with Crippen LogP contribution in [-0.2, 0) is 21.2 Å². The van der Waals surface area contributed by atoms with E-state index in [0.29, 0.717) is 13.0 Å². The van der Waals surface area contributed by atoms with Gasteiger partial charge in [0, 0.05) is 13.7 Å². The number of nitrogens with one attached hydrogen (secondary N) is 1. The average molecular weight is 257 g/mol. The predicted molar refractivity (Wildman–Crippen MR) is 68.4 cm³/mol. The summed E-state index contributed by atoms with van der Waals surface area (Å²) in [6.07, 6.45) is 0.416. The summed E-state index contributed by atoms with van der Waals surface area (Å²) in [5, 5.41) is 0. The van der Waals surface area contributed by atoms with Gasteiger partial charge < -0.3 is 4.74 Å². The molecule has 1 rings (SSSR count). The summed E-state index contributed by atoms with van der Waals surface area (Å²) in [7, 11) is -1.66. The number of sulfonamides is 1. The van der Waals surface area contributed by atoms with E-state index in [-0.39, 0.29) is 11.9 Å². The summed E-state index contributed by atoms with van der Waals surface area (Å²) >= 11 is 0. The van der Waals surface area contributed by atoms with Crippen LogP contribution in [0.25, 0.3) is 0 Å². The van der Waals surface area contributed by atoms with Gasteiger partial charge in [-0.1, -0.05) is 30.3 Å². The number of rotatable bonds is 7. The van der Waals surface area contributed by atoms with E-state index < -0.39 is 10.0 Å². The highest BCUT2D eigenvalue weighted by Gasteiger charge is 2.11. The number of methoxy groups -OCH3 is 1. The molecule has 4 nitrogen and oxygen atoms in total. The molecule has 0 spiro atoms. The Hall–Kier alpha value is -0.910. The first-order chi connectivity index (χ1) is 8.03. The second-order valence-electron chi connectivity index (χ2n) is 3.95. The van der Waals surface area contributed by atoms with Crippen molar-refractivity contribution in [3.8, 4) is 0 Å². The van der Waals surface area contributed by atoms with Crippen LogP contribution in [0.1, 0.15) is 12.5 Å². The van der Waals surface area contributed by atoms with Crippen LogP contribution < -0.4 is 4.72 Å². The maximum atomic E-state index is 11.7. The Kier molecular flexibility index (Phi) is 5.61. The van der Waals surface area contributed by atoms with E-state index in [1.807, 2.05) is 37.3 Å². The normalized spacial score (nSPS) is 13.5. The van der Waals surface area contributed by atoms with Gasteiger partial charge >= 0.3 is 0 Å². The molecule has 0 aromatic heterocycles. The van der Waals surface area contributed by atoms with Crippen molar-refractivity contribution in [3.05, 3.63) is 35.9 Å². The monoisotopic (exact) mass is 257 g/mol. The quantitative estimate of drug-likeness (QED) is 0.798. The third kappa shape index (κ3) is 5.81. The van der Waals surface area contributed by atoms with Crippen molar-refractivity contribution in [2.45, 2.75) is 19.4 Å². The molecule has 0 radical (unpaired) electrons. The van der Waals surface area contributed by atoms with Gasteiger partial charge in [0.2, 0.25) is 10.0 Å². The van der Waals surface area contributed by atoms with Gasteiger partial charge in [-0.05, 0) is 18.9 Å². The molecule has 1 N–H and O–H groups in total. The van der Waals surface area contributed by atoms with Crippen molar-refractivity contribution in [3.63, 3.8) is 0 Å². The lowest BCUT2D eigenvalue weighted by molar-refractivity contribution is 0.122. The van der Waals surface area contributed by atoms with E-state index in [0.717, 1.165) is 5.56 Å². The highest BCUT2D eigenvalue weighted by atomic mass is 32.2. The number of aryl methyl sites for hydroxylation is 1. The largest absolute Gasteiger partial charge is 0.380 e. The molecule has 0 aliphatic rings. The first-order valence-electron chi connectivity index (χ1n) is 5.57. The van der Waals surface area contributed by atoms with Crippen LogP contribution in [0.15, 0.2) is 30.3 Å². The fourth-order valence-electron chi connectivity index (χ4n) is 1.30. The summed E-state index contributed by atoms with van der Waals surface area (Å²) in [4.78, 5) is 0. The fourth-order valence-corrected chi connectivity index (χ4v) is 2.43. The van der Waals surface area contributed by atoms with Gasteiger partial charge in [-0.3, -0.25) is 0 Å². The molecular weight excluding hydrogens is 238 g/mol. The van der Waals surface area contributed by atoms with Crippen LogP contribution in [0, 0.1) is 0 Å². The minimum absolute atomic E-state index is 0.105. The molecule has 17 heavy (non-hydrogen) atoms. The number of hydrogen-bond donors (Lipinski definition) is 1. The summed E-state index contributed by atoms with van der Waals surface area (Å²) in [6, 6.07) is 9.57. The van der Waals surface area contributed by atoms with Gasteiger partial charge in [-0.15, -0.1) is 0 Å². The van der Waals surface area contributed by atoms with E-state index in [2.05, 4.69) is 4.72 Å². The number of hydrogen-bond acceptors (Lipinski definition) is 3. The molecule has 0 saturated carbocycles. The Morgan fingerprint density at radius 3 is 2.53 bits per heavy atom. The molecule has 0 bridgehead atoms. The van der Waals surface area contributed by atoms with Crippen LogP contribution >= 0.6 is 0 Å². The van der Waals surface area contributed by atoms with Gasteiger partial charge in [-0.25, -0.2) is 13.1 Å². The lowest BCUT2D eigenvalue weighted by Crippen LogP contribution is -2.33. The molecule has 5 heteroatoms. The summed E-state index contributed by atoms with van der Waals surface area (Å²) in [5.41, 5.74) is 1.03. The van der Waals surface area contributed by atoms with Crippen LogP contribution in [-0.4, -0.2) is 33.9 Å². The maximum Gasteiger partial charge on any atom is 0.212 e. The minimum atomic E-state index is -3.21. The third-order valence-corrected chi connectivity index (χ3v) is 3.84. The number of ether oxygens (including phenoxy) is 1. The second-order valence-corrected chi connectivity index (χ2v) is 5.88. The lowest BCUT2D eigenvalue weighted by atomic mass is 10.2. The number of benzene rings is 1. The lowest BCUT2D eigenvalue weighted by Gasteiger charge is -2.11. The minimum Gasteiger partial charge on any atom is -0.380 e. The van der Waals surface area contributed by atoms with Crippen LogP contribution in [0.4, 0.5) is 0 Å². The van der Waals surface area contributed by atoms with E-state index in [1.54, 1.807) is 7.11 Å². The fraction of sp³-hybridized carbons (Fsp3) is 0.500. The molecule has 0 heterocycles. The van der Waals surface area contributed by atoms with Gasteiger partial charge in [0.15, 0.2) is 0 Å². The van der Waals surface area contributed by atoms with Gasteiger partial charge in [0.25, 0.3) is 0 Å². The molecule has 1 aromatic carbocycles. The molecule has 1 aromatic rings. The van der Waals surface area contributed by atoms with E-state index in [1.165, 1.54) is 0 Å². The smallest absolute Gasteiger partial charge is 0.212 e. The van der Waals surface area contributed by atoms with E-state index in [4.69, 9.17) is 4.74 Å². The molecular formula is C12H19NO3S. The molecule has 1 unspecified atom stereocenters. The van der Waals surface area contributed by atoms with E-state index >= 15 is 0 Å². The van der Waals surface area contributed by atoms with Gasteiger partial charge in [0.1, 0.15) is 0 Å². The standard InChI is InChI=1S/C12H19NO3S/c1-11(16-2)10-13-17(14,15)9-8-12-6-4-3-5-7-12/h3-7,11,13H,8-10H2,1-2H3. The average Bonchev–Trinajstić information content (AvgIpc) is 2.35. The molecule has 1 atom stereocenters. The first kappa shape index (κ1) is 14.2. The van der Waals surface area contributed by atoms with Crippen LogP contribution in [0.2, 0.25) is 0 Å². The van der Waals surface area contributed by atoms with Crippen LogP contribution in [0.5, 0.6) is 0 Å². The van der Waals surface area contributed by atoms with Gasteiger partial charge in [-0.2, -0.15) is 0 Å². The highest BCUT2D eigenvalue weighted by Crippen LogP contribution is 2.01. The van der Waals surface area contributed by atoms with Crippen molar-refractivity contribution in [2.24, 2.45) is 0 Å². The zero-order chi connectivity index (χ0) is 12.7. The SMILES string of the molecule is COC(C)CNS(=O)(=O)CCc1ccccc1. The maximum absolute atomic E-state index is 11.7. The Balaban J connectivity index is 2.40. The topological polar surface area (TPSA) is 55.4 Å². The first-order valence-corrected chi connectivity index (χ1v) is 7.23. The Morgan fingerprint density at radius 1 is 1.29 bits per heavy atom. The van der Waals surface area contributed by atoms with Gasteiger partial charge in [0.05, 0.1) is 11.9 Å². The third-order valence-electron chi connectivity index (χ3n) is 2.50. The van der Waals surface area contributed by atoms with Crippen molar-refractivity contribution >= 4 is 10.0 Å². The predicted octanol–water partition coefficient (Wildman–Crippen LogP) is 1.18. The molecule has 0 saturated heterocycles. The van der Waals surface area contributed by atoms with Crippen molar-refractivity contribution in [2.75, 3.05) is 19.4 Å². The summed E-state index contributed by atoms with van der Waals surface area (Å²) in [5.74, 6) is 0.105. The zero-order valence-electron chi connectivity index (χ0n) is 10.2. The molecule has 0 aliphatic carbocycles. The van der Waals surface area contributed by atoms with Crippen LogP contribution in [0.3, 0.4) is 0 Å². The Bertz CT molecular complexity index is 417.